The van der Waals surface area contributed by atoms with Gasteiger partial charge in [0.25, 0.3) is 5.91 Å². The van der Waals surface area contributed by atoms with Gasteiger partial charge in [-0.1, -0.05) is 6.07 Å². The zero-order valence-electron chi connectivity index (χ0n) is 14.4. The SMILES string of the molecule is COc1cccc(OC)c1C(=O)NCc1nnnn1-c1ccc(F)c(F)c1. The summed E-state index contributed by atoms with van der Waals surface area (Å²) >= 11 is 0. The molecule has 0 atom stereocenters. The maximum Gasteiger partial charge on any atom is 0.259 e. The first-order chi connectivity index (χ1) is 13.0. The third-order valence-electron chi connectivity index (χ3n) is 3.74. The summed E-state index contributed by atoms with van der Waals surface area (Å²) in [6.45, 7) is -0.0635. The van der Waals surface area contributed by atoms with Crippen LogP contribution < -0.4 is 14.8 Å². The molecule has 3 aromatic rings. The van der Waals surface area contributed by atoms with Crippen molar-refractivity contribution in [3.05, 3.63) is 59.4 Å². The summed E-state index contributed by atoms with van der Waals surface area (Å²) in [4.78, 5) is 12.6. The molecular weight excluding hydrogens is 360 g/mol. The van der Waals surface area contributed by atoms with E-state index in [0.717, 1.165) is 12.1 Å². The Labute approximate surface area is 152 Å². The summed E-state index contributed by atoms with van der Waals surface area (Å²) in [5.74, 6) is -1.58. The normalized spacial score (nSPS) is 10.5. The number of amides is 1. The van der Waals surface area contributed by atoms with Gasteiger partial charge in [-0.05, 0) is 34.7 Å². The number of nitrogens with zero attached hydrogens (tertiary/aromatic N) is 4. The number of carbonyl (C=O) groups excluding carboxylic acids is 1. The molecule has 0 saturated carbocycles. The van der Waals surface area contributed by atoms with Crippen LogP contribution in [0.4, 0.5) is 8.78 Å². The number of nitrogens with one attached hydrogen (secondary N) is 1. The maximum atomic E-state index is 13.5. The summed E-state index contributed by atoms with van der Waals surface area (Å²) in [7, 11) is 2.88. The average molecular weight is 375 g/mol. The number of hydrogen-bond acceptors (Lipinski definition) is 6. The molecule has 0 bridgehead atoms. The lowest BCUT2D eigenvalue weighted by atomic mass is 10.1. The molecule has 0 aliphatic carbocycles. The Hall–Kier alpha value is -3.56. The van der Waals surface area contributed by atoms with E-state index in [4.69, 9.17) is 9.47 Å². The van der Waals surface area contributed by atoms with Crippen LogP contribution in [0, 0.1) is 11.6 Å². The summed E-state index contributed by atoms with van der Waals surface area (Å²) < 4.78 is 38.2. The van der Waals surface area contributed by atoms with Gasteiger partial charge >= 0.3 is 0 Å². The molecule has 1 amide bonds. The minimum absolute atomic E-state index is 0.0635. The smallest absolute Gasteiger partial charge is 0.259 e. The highest BCUT2D eigenvalue weighted by atomic mass is 19.2. The van der Waals surface area contributed by atoms with Crippen molar-refractivity contribution in [3.63, 3.8) is 0 Å². The lowest BCUT2D eigenvalue weighted by Gasteiger charge is -2.13. The molecule has 1 N–H and O–H groups in total. The van der Waals surface area contributed by atoms with Crippen LogP contribution in [0.15, 0.2) is 36.4 Å². The second-order valence-corrected chi connectivity index (χ2v) is 5.33. The molecule has 1 heterocycles. The van der Waals surface area contributed by atoms with E-state index in [-0.39, 0.29) is 23.6 Å². The second kappa shape index (κ2) is 7.77. The van der Waals surface area contributed by atoms with Gasteiger partial charge in [-0.2, -0.15) is 4.68 Å². The summed E-state index contributed by atoms with van der Waals surface area (Å²) in [6.07, 6.45) is 0. The molecule has 10 heteroatoms. The van der Waals surface area contributed by atoms with Crippen LogP contribution in [0.2, 0.25) is 0 Å². The van der Waals surface area contributed by atoms with E-state index in [1.54, 1.807) is 18.2 Å². The van der Waals surface area contributed by atoms with Crippen LogP contribution >= 0.6 is 0 Å². The summed E-state index contributed by atoms with van der Waals surface area (Å²) in [6, 6.07) is 8.20. The number of methoxy groups -OCH3 is 2. The van der Waals surface area contributed by atoms with Crippen molar-refractivity contribution in [1.82, 2.24) is 25.5 Å². The lowest BCUT2D eigenvalue weighted by Crippen LogP contribution is -2.25. The fourth-order valence-electron chi connectivity index (χ4n) is 2.46. The standard InChI is InChI=1S/C17H15F2N5O3/c1-26-13-4-3-5-14(27-2)16(13)17(25)20-9-15-21-22-23-24(15)10-6-7-11(18)12(19)8-10/h3-8H,9H2,1-2H3,(H,20,25). The quantitative estimate of drug-likeness (QED) is 0.708. The molecule has 27 heavy (non-hydrogen) atoms. The van der Waals surface area contributed by atoms with Crippen molar-refractivity contribution in [2.75, 3.05) is 14.2 Å². The molecule has 2 aromatic carbocycles. The molecule has 0 aliphatic heterocycles. The van der Waals surface area contributed by atoms with Gasteiger partial charge in [-0.15, -0.1) is 5.10 Å². The third-order valence-corrected chi connectivity index (χ3v) is 3.74. The highest BCUT2D eigenvalue weighted by Crippen LogP contribution is 2.28. The van der Waals surface area contributed by atoms with E-state index in [2.05, 4.69) is 20.8 Å². The van der Waals surface area contributed by atoms with E-state index >= 15 is 0 Å². The molecular formula is C17H15F2N5O3. The van der Waals surface area contributed by atoms with E-state index in [0.29, 0.717) is 11.5 Å². The van der Waals surface area contributed by atoms with E-state index < -0.39 is 17.5 Å². The summed E-state index contributed by atoms with van der Waals surface area (Å²) in [5, 5.41) is 13.7. The Balaban J connectivity index is 1.82. The first-order valence-electron chi connectivity index (χ1n) is 7.77. The van der Waals surface area contributed by atoms with Gasteiger partial charge in [0.15, 0.2) is 17.5 Å². The first-order valence-corrected chi connectivity index (χ1v) is 7.77. The second-order valence-electron chi connectivity index (χ2n) is 5.33. The topological polar surface area (TPSA) is 91.2 Å². The number of hydrogen-bond donors (Lipinski definition) is 1. The van der Waals surface area contributed by atoms with Crippen LogP contribution in [-0.4, -0.2) is 40.3 Å². The van der Waals surface area contributed by atoms with Crippen molar-refractivity contribution in [3.8, 4) is 17.2 Å². The fraction of sp³-hybridized carbons (Fsp3) is 0.176. The number of tetrazole rings is 1. The fourth-order valence-corrected chi connectivity index (χ4v) is 2.46. The predicted octanol–water partition coefficient (Wildman–Crippen LogP) is 1.89. The van der Waals surface area contributed by atoms with Crippen molar-refractivity contribution >= 4 is 5.91 Å². The van der Waals surface area contributed by atoms with Gasteiger partial charge in [-0.25, -0.2) is 8.78 Å². The lowest BCUT2D eigenvalue weighted by molar-refractivity contribution is 0.0943. The molecule has 0 aliphatic rings. The molecule has 0 spiro atoms. The molecule has 0 saturated heterocycles. The van der Waals surface area contributed by atoms with E-state index in [9.17, 15) is 13.6 Å². The Morgan fingerprint density at radius 2 is 1.81 bits per heavy atom. The monoisotopic (exact) mass is 375 g/mol. The number of ether oxygens (including phenoxy) is 2. The molecule has 1 aromatic heterocycles. The number of rotatable bonds is 6. The number of halogens is 2. The molecule has 140 valence electrons. The highest BCUT2D eigenvalue weighted by Gasteiger charge is 2.19. The van der Waals surface area contributed by atoms with Crippen molar-refractivity contribution in [2.45, 2.75) is 6.54 Å². The first kappa shape index (κ1) is 18.2. The molecule has 3 rings (SSSR count). The van der Waals surface area contributed by atoms with Crippen molar-refractivity contribution in [1.29, 1.82) is 0 Å². The maximum absolute atomic E-state index is 13.5. The third kappa shape index (κ3) is 3.68. The van der Waals surface area contributed by atoms with Gasteiger partial charge in [0.05, 0.1) is 26.5 Å². The van der Waals surface area contributed by atoms with Crippen LogP contribution in [0.3, 0.4) is 0 Å². The Morgan fingerprint density at radius 3 is 2.44 bits per heavy atom. The minimum atomic E-state index is -1.03. The number of aromatic nitrogens is 4. The van der Waals surface area contributed by atoms with E-state index in [1.165, 1.54) is 25.0 Å². The van der Waals surface area contributed by atoms with Crippen LogP contribution in [0.1, 0.15) is 16.2 Å². The largest absolute Gasteiger partial charge is 0.496 e. The van der Waals surface area contributed by atoms with Gasteiger partial charge < -0.3 is 14.8 Å². The van der Waals surface area contributed by atoms with Gasteiger partial charge in [0.2, 0.25) is 0 Å². The molecule has 0 unspecified atom stereocenters. The van der Waals surface area contributed by atoms with E-state index in [1.807, 2.05) is 0 Å². The van der Waals surface area contributed by atoms with Crippen LogP contribution in [-0.2, 0) is 6.54 Å². The van der Waals surface area contributed by atoms with Gasteiger partial charge in [0, 0.05) is 6.07 Å². The number of benzene rings is 2. The Morgan fingerprint density at radius 1 is 1.11 bits per heavy atom. The highest BCUT2D eigenvalue weighted by molar-refractivity contribution is 5.99. The zero-order valence-corrected chi connectivity index (χ0v) is 14.4. The Kier molecular flexibility index (Phi) is 5.25. The molecule has 0 radical (unpaired) electrons. The van der Waals surface area contributed by atoms with Crippen LogP contribution in [0.5, 0.6) is 11.5 Å². The molecule has 8 nitrogen and oxygen atoms in total. The summed E-state index contributed by atoms with van der Waals surface area (Å²) in [5.41, 5.74) is 0.437. The average Bonchev–Trinajstić information content (AvgIpc) is 3.16. The molecule has 0 fully saturated rings. The number of carbonyl (C=O) groups is 1. The Bertz CT molecular complexity index is 955. The van der Waals surface area contributed by atoms with Gasteiger partial charge in [0.1, 0.15) is 17.1 Å². The predicted molar refractivity (Wildman–Crippen MR) is 89.8 cm³/mol. The van der Waals surface area contributed by atoms with Crippen molar-refractivity contribution in [2.24, 2.45) is 0 Å². The van der Waals surface area contributed by atoms with Crippen LogP contribution in [0.25, 0.3) is 5.69 Å². The van der Waals surface area contributed by atoms with Crippen molar-refractivity contribution < 1.29 is 23.0 Å². The zero-order chi connectivity index (χ0) is 19.4. The van der Waals surface area contributed by atoms with Gasteiger partial charge in [-0.3, -0.25) is 4.79 Å². The minimum Gasteiger partial charge on any atom is -0.496 e.